The van der Waals surface area contributed by atoms with Gasteiger partial charge in [0.2, 0.25) is 0 Å². The Kier molecular flexibility index (Phi) is 5.05. The van der Waals surface area contributed by atoms with Crippen LogP contribution in [0.15, 0.2) is 24.3 Å². The minimum Gasteiger partial charge on any atom is -0.478 e. The van der Waals surface area contributed by atoms with Crippen LogP contribution < -0.4 is 0 Å². The smallest absolute Gasteiger partial charge is 0.335 e. The maximum atomic E-state index is 13.3. The standard InChI is InChI=1S/C13H13FO4/c1-2-18-12(15)5-3-4-9-8-10(13(16)17)6-7-11(9)14/h3-4,6-8H,2,5H2,1H3,(H,16,17). The van der Waals surface area contributed by atoms with Gasteiger partial charge < -0.3 is 9.84 Å². The molecule has 5 heteroatoms. The maximum absolute atomic E-state index is 13.3. The fourth-order valence-electron chi connectivity index (χ4n) is 1.31. The van der Waals surface area contributed by atoms with E-state index in [4.69, 9.17) is 9.84 Å². The zero-order valence-electron chi connectivity index (χ0n) is 9.85. The molecule has 0 aromatic heterocycles. The molecule has 0 aliphatic carbocycles. The van der Waals surface area contributed by atoms with E-state index >= 15 is 0 Å². The first-order valence-electron chi connectivity index (χ1n) is 5.39. The van der Waals surface area contributed by atoms with E-state index in [1.165, 1.54) is 24.3 Å². The summed E-state index contributed by atoms with van der Waals surface area (Å²) in [5.74, 6) is -2.08. The fraction of sp³-hybridized carbons (Fsp3) is 0.231. The van der Waals surface area contributed by atoms with Crippen molar-refractivity contribution in [2.75, 3.05) is 6.61 Å². The number of carbonyl (C=O) groups is 2. The number of carbonyl (C=O) groups excluding carboxylic acids is 1. The largest absolute Gasteiger partial charge is 0.478 e. The number of carboxylic acids is 1. The zero-order valence-corrected chi connectivity index (χ0v) is 9.85. The SMILES string of the molecule is CCOC(=O)CC=Cc1cc(C(=O)O)ccc1F. The third kappa shape index (κ3) is 4.01. The van der Waals surface area contributed by atoms with Crippen LogP contribution in [0.1, 0.15) is 29.3 Å². The van der Waals surface area contributed by atoms with Crippen molar-refractivity contribution in [1.82, 2.24) is 0 Å². The number of benzene rings is 1. The maximum Gasteiger partial charge on any atom is 0.335 e. The highest BCUT2D eigenvalue weighted by Crippen LogP contribution is 2.13. The summed E-state index contributed by atoms with van der Waals surface area (Å²) in [7, 11) is 0. The normalized spacial score (nSPS) is 10.6. The molecule has 18 heavy (non-hydrogen) atoms. The van der Waals surface area contributed by atoms with Gasteiger partial charge in [-0.1, -0.05) is 12.2 Å². The zero-order chi connectivity index (χ0) is 13.5. The molecule has 0 saturated carbocycles. The van der Waals surface area contributed by atoms with Gasteiger partial charge in [0.15, 0.2) is 0 Å². The number of rotatable bonds is 5. The van der Waals surface area contributed by atoms with Crippen LogP contribution in [-0.4, -0.2) is 23.7 Å². The van der Waals surface area contributed by atoms with E-state index in [0.717, 1.165) is 6.07 Å². The first kappa shape index (κ1) is 13.9. The second kappa shape index (κ2) is 6.54. The lowest BCUT2D eigenvalue weighted by molar-refractivity contribution is -0.142. The number of hydrogen-bond donors (Lipinski definition) is 1. The Bertz CT molecular complexity index is 480. The van der Waals surface area contributed by atoms with E-state index < -0.39 is 17.8 Å². The van der Waals surface area contributed by atoms with E-state index in [9.17, 15) is 14.0 Å². The molecule has 0 spiro atoms. The predicted molar refractivity (Wildman–Crippen MR) is 63.6 cm³/mol. The number of aromatic carboxylic acids is 1. The van der Waals surface area contributed by atoms with Crippen molar-refractivity contribution < 1.29 is 23.8 Å². The number of hydrogen-bond acceptors (Lipinski definition) is 3. The van der Waals surface area contributed by atoms with E-state index in [2.05, 4.69) is 0 Å². The molecule has 1 aromatic carbocycles. The molecule has 1 N–H and O–H groups in total. The van der Waals surface area contributed by atoms with Crippen molar-refractivity contribution in [1.29, 1.82) is 0 Å². The molecule has 0 bridgehead atoms. The van der Waals surface area contributed by atoms with E-state index in [1.54, 1.807) is 6.92 Å². The summed E-state index contributed by atoms with van der Waals surface area (Å²) in [5.41, 5.74) is 0.117. The molecule has 0 amide bonds. The van der Waals surface area contributed by atoms with Crippen LogP contribution in [0.25, 0.3) is 6.08 Å². The van der Waals surface area contributed by atoms with Gasteiger partial charge in [0.1, 0.15) is 5.82 Å². The van der Waals surface area contributed by atoms with Gasteiger partial charge in [0.25, 0.3) is 0 Å². The van der Waals surface area contributed by atoms with Gasteiger partial charge in [-0.3, -0.25) is 4.79 Å². The number of esters is 1. The molecule has 0 atom stereocenters. The lowest BCUT2D eigenvalue weighted by Gasteiger charge is -2.00. The molecule has 0 heterocycles. The van der Waals surface area contributed by atoms with Gasteiger partial charge >= 0.3 is 11.9 Å². The second-order valence-corrected chi connectivity index (χ2v) is 3.45. The summed E-state index contributed by atoms with van der Waals surface area (Å²) in [6, 6.07) is 3.47. The predicted octanol–water partition coefficient (Wildman–Crippen LogP) is 2.49. The first-order chi connectivity index (χ1) is 8.54. The van der Waals surface area contributed by atoms with E-state index in [1.807, 2.05) is 0 Å². The summed E-state index contributed by atoms with van der Waals surface area (Å²) in [4.78, 5) is 21.7. The van der Waals surface area contributed by atoms with Crippen LogP contribution in [0.5, 0.6) is 0 Å². The highest BCUT2D eigenvalue weighted by molar-refractivity contribution is 5.88. The Labute approximate surface area is 104 Å². The summed E-state index contributed by atoms with van der Waals surface area (Å²) < 4.78 is 18.0. The summed E-state index contributed by atoms with van der Waals surface area (Å²) in [6.07, 6.45) is 2.81. The van der Waals surface area contributed by atoms with Crippen LogP contribution in [0.2, 0.25) is 0 Å². The van der Waals surface area contributed by atoms with Crippen LogP contribution in [-0.2, 0) is 9.53 Å². The molecular weight excluding hydrogens is 239 g/mol. The van der Waals surface area contributed by atoms with Crippen LogP contribution in [0.3, 0.4) is 0 Å². The molecule has 96 valence electrons. The van der Waals surface area contributed by atoms with Crippen molar-refractivity contribution in [3.8, 4) is 0 Å². The molecule has 1 rings (SSSR count). The Morgan fingerprint density at radius 3 is 2.78 bits per heavy atom. The topological polar surface area (TPSA) is 63.6 Å². The molecule has 0 aliphatic heterocycles. The van der Waals surface area contributed by atoms with Crippen LogP contribution in [0.4, 0.5) is 4.39 Å². The second-order valence-electron chi connectivity index (χ2n) is 3.45. The Morgan fingerprint density at radius 2 is 2.17 bits per heavy atom. The van der Waals surface area contributed by atoms with Gasteiger partial charge in [-0.15, -0.1) is 0 Å². The van der Waals surface area contributed by atoms with Crippen molar-refractivity contribution in [3.05, 3.63) is 41.2 Å². The van der Waals surface area contributed by atoms with Crippen molar-refractivity contribution in [3.63, 3.8) is 0 Å². The molecule has 0 aliphatic rings. The third-order valence-corrected chi connectivity index (χ3v) is 2.13. The third-order valence-electron chi connectivity index (χ3n) is 2.13. The lowest BCUT2D eigenvalue weighted by Crippen LogP contribution is -2.01. The summed E-state index contributed by atoms with van der Waals surface area (Å²) in [5, 5.41) is 8.76. The highest BCUT2D eigenvalue weighted by Gasteiger charge is 2.06. The van der Waals surface area contributed by atoms with Gasteiger partial charge in [0, 0.05) is 5.56 Å². The van der Waals surface area contributed by atoms with E-state index in [-0.39, 0.29) is 24.2 Å². The number of carboxylic acid groups (broad SMARTS) is 1. The Balaban J connectivity index is 2.77. The average molecular weight is 252 g/mol. The van der Waals surface area contributed by atoms with E-state index in [0.29, 0.717) is 0 Å². The molecule has 0 saturated heterocycles. The number of halogens is 1. The van der Waals surface area contributed by atoms with Crippen molar-refractivity contribution in [2.45, 2.75) is 13.3 Å². The summed E-state index contributed by atoms with van der Waals surface area (Å²) >= 11 is 0. The van der Waals surface area contributed by atoms with Gasteiger partial charge in [-0.2, -0.15) is 0 Å². The quantitative estimate of drug-likeness (QED) is 0.818. The molecule has 0 fully saturated rings. The fourth-order valence-corrected chi connectivity index (χ4v) is 1.31. The highest BCUT2D eigenvalue weighted by atomic mass is 19.1. The van der Waals surface area contributed by atoms with Crippen molar-refractivity contribution >= 4 is 18.0 Å². The Morgan fingerprint density at radius 1 is 1.44 bits per heavy atom. The lowest BCUT2D eigenvalue weighted by atomic mass is 10.1. The van der Waals surface area contributed by atoms with Gasteiger partial charge in [-0.05, 0) is 25.1 Å². The van der Waals surface area contributed by atoms with Crippen LogP contribution in [0, 0.1) is 5.82 Å². The molecule has 0 radical (unpaired) electrons. The Hall–Kier alpha value is -2.17. The average Bonchev–Trinajstić information content (AvgIpc) is 2.31. The first-order valence-corrected chi connectivity index (χ1v) is 5.39. The monoisotopic (exact) mass is 252 g/mol. The van der Waals surface area contributed by atoms with Gasteiger partial charge in [-0.25, -0.2) is 9.18 Å². The minimum absolute atomic E-state index is 0.00724. The molecule has 4 nitrogen and oxygen atoms in total. The minimum atomic E-state index is -1.13. The van der Waals surface area contributed by atoms with Crippen LogP contribution >= 0.6 is 0 Å². The summed E-state index contributed by atoms with van der Waals surface area (Å²) in [6.45, 7) is 1.98. The molecule has 1 aromatic rings. The molecule has 0 unspecified atom stereocenters. The van der Waals surface area contributed by atoms with Gasteiger partial charge in [0.05, 0.1) is 18.6 Å². The molecular formula is C13H13FO4. The number of ether oxygens (including phenoxy) is 1. The van der Waals surface area contributed by atoms with Crippen molar-refractivity contribution in [2.24, 2.45) is 0 Å².